The van der Waals surface area contributed by atoms with Crippen molar-refractivity contribution in [1.29, 1.82) is 0 Å². The minimum absolute atomic E-state index is 0.248. The van der Waals surface area contributed by atoms with Gasteiger partial charge in [0, 0.05) is 0 Å². The first-order valence-corrected chi connectivity index (χ1v) is 5.79. The van der Waals surface area contributed by atoms with E-state index in [1.165, 1.54) is 12.1 Å². The summed E-state index contributed by atoms with van der Waals surface area (Å²) in [6.07, 6.45) is 1.60. The number of nitrogens with zero attached hydrogens (tertiary/aromatic N) is 2. The quantitative estimate of drug-likeness (QED) is 0.885. The van der Waals surface area contributed by atoms with Crippen LogP contribution in [0.15, 0.2) is 24.3 Å². The number of nitrogen functional groups attached to an aromatic ring is 1. The highest BCUT2D eigenvalue weighted by atomic mass is 19.1. The first-order chi connectivity index (χ1) is 8.17. The van der Waals surface area contributed by atoms with E-state index in [9.17, 15) is 4.39 Å². The van der Waals surface area contributed by atoms with Crippen LogP contribution in [0, 0.1) is 5.82 Å². The third-order valence-corrected chi connectivity index (χ3v) is 2.84. The maximum Gasteiger partial charge on any atom is 0.123 e. The predicted octanol–water partition coefficient (Wildman–Crippen LogP) is 2.72. The SMILES string of the molecule is CCc1nn(-c2ccc(F)cc2)c(CC)c1N. The minimum Gasteiger partial charge on any atom is -0.396 e. The molecule has 0 amide bonds. The van der Waals surface area contributed by atoms with Crippen molar-refractivity contribution in [3.63, 3.8) is 0 Å². The number of halogens is 1. The second-order valence-corrected chi connectivity index (χ2v) is 3.90. The lowest BCUT2D eigenvalue weighted by molar-refractivity contribution is 0.626. The van der Waals surface area contributed by atoms with E-state index in [1.807, 2.05) is 13.8 Å². The Morgan fingerprint density at radius 1 is 1.18 bits per heavy atom. The molecular weight excluding hydrogens is 217 g/mol. The molecule has 0 unspecified atom stereocenters. The number of hydrogen-bond donors (Lipinski definition) is 1. The van der Waals surface area contributed by atoms with Crippen molar-refractivity contribution >= 4 is 5.69 Å². The third kappa shape index (κ3) is 2.02. The van der Waals surface area contributed by atoms with E-state index in [4.69, 9.17) is 5.73 Å². The molecule has 0 radical (unpaired) electrons. The summed E-state index contributed by atoms with van der Waals surface area (Å²) in [7, 11) is 0. The van der Waals surface area contributed by atoms with E-state index in [-0.39, 0.29) is 5.82 Å². The molecule has 90 valence electrons. The van der Waals surface area contributed by atoms with Crippen LogP contribution in [0.3, 0.4) is 0 Å². The zero-order chi connectivity index (χ0) is 12.4. The summed E-state index contributed by atoms with van der Waals surface area (Å²) < 4.78 is 14.7. The molecule has 1 heterocycles. The zero-order valence-electron chi connectivity index (χ0n) is 10.1. The van der Waals surface area contributed by atoms with Crippen molar-refractivity contribution in [3.8, 4) is 5.69 Å². The Kier molecular flexibility index (Phi) is 3.13. The lowest BCUT2D eigenvalue weighted by Crippen LogP contribution is -2.02. The monoisotopic (exact) mass is 233 g/mol. The topological polar surface area (TPSA) is 43.8 Å². The number of anilines is 1. The van der Waals surface area contributed by atoms with E-state index in [0.29, 0.717) is 0 Å². The van der Waals surface area contributed by atoms with E-state index in [2.05, 4.69) is 5.10 Å². The number of aryl methyl sites for hydroxylation is 1. The molecule has 17 heavy (non-hydrogen) atoms. The van der Waals surface area contributed by atoms with Crippen LogP contribution >= 0.6 is 0 Å². The van der Waals surface area contributed by atoms with Crippen LogP contribution in [0.25, 0.3) is 5.69 Å². The molecule has 0 aliphatic rings. The fraction of sp³-hybridized carbons (Fsp3) is 0.308. The summed E-state index contributed by atoms with van der Waals surface area (Å²) in [5, 5.41) is 4.47. The van der Waals surface area contributed by atoms with Crippen LogP contribution < -0.4 is 5.73 Å². The number of benzene rings is 1. The van der Waals surface area contributed by atoms with Crippen molar-refractivity contribution in [2.45, 2.75) is 26.7 Å². The van der Waals surface area contributed by atoms with Crippen molar-refractivity contribution in [3.05, 3.63) is 41.5 Å². The van der Waals surface area contributed by atoms with Gasteiger partial charge in [-0.15, -0.1) is 0 Å². The highest BCUT2D eigenvalue weighted by Crippen LogP contribution is 2.22. The Balaban J connectivity index is 2.54. The summed E-state index contributed by atoms with van der Waals surface area (Å²) in [4.78, 5) is 0. The number of rotatable bonds is 3. The molecule has 2 aromatic rings. The highest BCUT2D eigenvalue weighted by molar-refractivity contribution is 5.51. The number of hydrogen-bond acceptors (Lipinski definition) is 2. The molecule has 0 bridgehead atoms. The van der Waals surface area contributed by atoms with Crippen LogP contribution in [0.5, 0.6) is 0 Å². The summed E-state index contributed by atoms with van der Waals surface area (Å²) >= 11 is 0. The molecule has 0 aliphatic carbocycles. The average molecular weight is 233 g/mol. The Bertz CT molecular complexity index is 514. The van der Waals surface area contributed by atoms with Crippen LogP contribution in [-0.4, -0.2) is 9.78 Å². The molecule has 2 N–H and O–H groups in total. The Labute approximate surface area is 100 Å². The molecular formula is C13H16FN3. The van der Waals surface area contributed by atoms with Gasteiger partial charge in [-0.25, -0.2) is 9.07 Å². The number of aromatic nitrogens is 2. The molecule has 0 saturated heterocycles. The Morgan fingerprint density at radius 2 is 1.82 bits per heavy atom. The smallest absolute Gasteiger partial charge is 0.123 e. The summed E-state index contributed by atoms with van der Waals surface area (Å²) in [5.74, 6) is -0.248. The standard InChI is InChI=1S/C13H16FN3/c1-3-11-13(15)12(4-2)17(16-11)10-7-5-9(14)6-8-10/h5-8H,3-4,15H2,1-2H3. The molecule has 2 rings (SSSR count). The van der Waals surface area contributed by atoms with Gasteiger partial charge >= 0.3 is 0 Å². The van der Waals surface area contributed by atoms with Gasteiger partial charge in [0.15, 0.2) is 0 Å². The maximum absolute atomic E-state index is 12.9. The molecule has 0 saturated carbocycles. The van der Waals surface area contributed by atoms with Crippen molar-refractivity contribution in [2.75, 3.05) is 5.73 Å². The largest absolute Gasteiger partial charge is 0.396 e. The lowest BCUT2D eigenvalue weighted by Gasteiger charge is -2.05. The number of nitrogens with two attached hydrogens (primary N) is 1. The highest BCUT2D eigenvalue weighted by Gasteiger charge is 2.13. The van der Waals surface area contributed by atoms with Gasteiger partial charge in [-0.3, -0.25) is 0 Å². The second-order valence-electron chi connectivity index (χ2n) is 3.90. The van der Waals surface area contributed by atoms with E-state index < -0.39 is 0 Å². The van der Waals surface area contributed by atoms with Crippen molar-refractivity contribution in [2.24, 2.45) is 0 Å². The minimum atomic E-state index is -0.248. The van der Waals surface area contributed by atoms with Crippen LogP contribution in [0.1, 0.15) is 25.2 Å². The van der Waals surface area contributed by atoms with Gasteiger partial charge in [0.2, 0.25) is 0 Å². The second kappa shape index (κ2) is 4.57. The molecule has 1 aromatic carbocycles. The maximum atomic E-state index is 12.9. The molecule has 1 aromatic heterocycles. The van der Waals surface area contributed by atoms with Gasteiger partial charge in [-0.2, -0.15) is 5.10 Å². The van der Waals surface area contributed by atoms with Crippen molar-refractivity contribution in [1.82, 2.24) is 9.78 Å². The summed E-state index contributed by atoms with van der Waals surface area (Å²) in [5.41, 5.74) is 9.50. The van der Waals surface area contributed by atoms with Crippen molar-refractivity contribution < 1.29 is 4.39 Å². The average Bonchev–Trinajstić information content (AvgIpc) is 2.66. The molecule has 0 fully saturated rings. The normalized spacial score (nSPS) is 10.8. The summed E-state index contributed by atoms with van der Waals surface area (Å²) in [6.45, 7) is 4.06. The van der Waals surface area contributed by atoms with Gasteiger partial charge < -0.3 is 5.73 Å². The van der Waals surface area contributed by atoms with Crippen LogP contribution in [0.2, 0.25) is 0 Å². The summed E-state index contributed by atoms with van der Waals surface area (Å²) in [6, 6.07) is 6.28. The van der Waals surface area contributed by atoms with Gasteiger partial charge in [0.1, 0.15) is 5.82 Å². The molecule has 0 spiro atoms. The van der Waals surface area contributed by atoms with E-state index in [0.717, 1.165) is 35.6 Å². The zero-order valence-corrected chi connectivity index (χ0v) is 10.1. The first kappa shape index (κ1) is 11.6. The van der Waals surface area contributed by atoms with E-state index in [1.54, 1.807) is 16.8 Å². The molecule has 3 nitrogen and oxygen atoms in total. The van der Waals surface area contributed by atoms with Crippen LogP contribution in [0.4, 0.5) is 10.1 Å². The third-order valence-electron chi connectivity index (χ3n) is 2.84. The molecule has 0 atom stereocenters. The van der Waals surface area contributed by atoms with Crippen LogP contribution in [-0.2, 0) is 12.8 Å². The Hall–Kier alpha value is -1.84. The van der Waals surface area contributed by atoms with Gasteiger partial charge in [-0.05, 0) is 37.1 Å². The van der Waals surface area contributed by atoms with Gasteiger partial charge in [0.25, 0.3) is 0 Å². The first-order valence-electron chi connectivity index (χ1n) is 5.79. The van der Waals surface area contributed by atoms with Gasteiger partial charge in [-0.1, -0.05) is 13.8 Å². The lowest BCUT2D eigenvalue weighted by atomic mass is 10.2. The fourth-order valence-corrected chi connectivity index (χ4v) is 1.91. The van der Waals surface area contributed by atoms with E-state index >= 15 is 0 Å². The molecule has 0 aliphatic heterocycles. The Morgan fingerprint density at radius 3 is 2.35 bits per heavy atom. The molecule has 4 heteroatoms. The predicted molar refractivity (Wildman–Crippen MR) is 66.7 cm³/mol. The fourth-order valence-electron chi connectivity index (χ4n) is 1.91. The van der Waals surface area contributed by atoms with Gasteiger partial charge in [0.05, 0.1) is 22.8 Å².